The highest BCUT2D eigenvalue weighted by atomic mass is 32.1. The number of hydrogen-bond donors (Lipinski definition) is 0. The van der Waals surface area contributed by atoms with E-state index in [4.69, 9.17) is 0 Å². The average Bonchev–Trinajstić information content (AvgIpc) is 1.92. The van der Waals surface area contributed by atoms with Gasteiger partial charge in [0.15, 0.2) is 0 Å². The van der Waals surface area contributed by atoms with E-state index in [0.717, 1.165) is 45.3 Å². The fourth-order valence-electron chi connectivity index (χ4n) is 12.7. The Morgan fingerprint density at radius 2 is 0.400 bits per heavy atom. The van der Waals surface area contributed by atoms with Gasteiger partial charge in [-0.25, -0.2) is 0 Å². The van der Waals surface area contributed by atoms with Crippen LogP contribution in [0.3, 0.4) is 0 Å². The Hall–Kier alpha value is -9.40. The van der Waals surface area contributed by atoms with Crippen molar-refractivity contribution in [3.05, 3.63) is 311 Å². The molecule has 0 bridgehead atoms. The molecule has 0 spiro atoms. The summed E-state index contributed by atoms with van der Waals surface area (Å²) in [6.45, 7) is 18.0. The average molecular weight is 1230 g/mol. The number of aryl methyl sites for hydroxylation is 8. The number of thiophene rings is 4. The van der Waals surface area contributed by atoms with Crippen molar-refractivity contribution in [1.29, 1.82) is 0 Å². The van der Waals surface area contributed by atoms with Gasteiger partial charge in [0.1, 0.15) is 0 Å². The summed E-state index contributed by atoms with van der Waals surface area (Å²) in [6.07, 6.45) is 0. The van der Waals surface area contributed by atoms with Gasteiger partial charge in [-0.1, -0.05) is 170 Å². The van der Waals surface area contributed by atoms with Crippen LogP contribution in [0.4, 0.5) is 34.1 Å². The highest BCUT2D eigenvalue weighted by molar-refractivity contribution is 7.20. The molecule has 90 heavy (non-hydrogen) atoms. The van der Waals surface area contributed by atoms with E-state index < -0.39 is 0 Å². The first-order chi connectivity index (χ1) is 43.9. The van der Waals surface area contributed by atoms with E-state index in [-0.39, 0.29) is 0 Å². The lowest BCUT2D eigenvalue weighted by Crippen LogP contribution is -2.11. The molecule has 4 heterocycles. The lowest BCUT2D eigenvalue weighted by Gasteiger charge is -2.28. The van der Waals surface area contributed by atoms with Crippen LogP contribution in [0.5, 0.6) is 0 Å². The largest absolute Gasteiger partial charge is 0.310 e. The van der Waals surface area contributed by atoms with E-state index in [1.54, 1.807) is 0 Å². The second-order valence-corrected chi connectivity index (χ2v) is 27.9. The lowest BCUT2D eigenvalue weighted by atomic mass is 10.0. The van der Waals surface area contributed by atoms with Gasteiger partial charge in [-0.15, -0.1) is 45.3 Å². The van der Waals surface area contributed by atoms with E-state index in [2.05, 4.69) is 332 Å². The van der Waals surface area contributed by atoms with Gasteiger partial charge in [-0.3, -0.25) is 0 Å². The van der Waals surface area contributed by atoms with Gasteiger partial charge >= 0.3 is 0 Å². The summed E-state index contributed by atoms with van der Waals surface area (Å²) in [4.78, 5) is 15.3. The van der Waals surface area contributed by atoms with Gasteiger partial charge in [0.2, 0.25) is 0 Å². The molecule has 0 saturated carbocycles. The highest BCUT2D eigenvalue weighted by Gasteiger charge is 2.22. The summed E-state index contributed by atoms with van der Waals surface area (Å²) in [5, 5.41) is 0. The van der Waals surface area contributed by atoms with Crippen molar-refractivity contribution in [2.24, 2.45) is 0 Å². The molecule has 0 aliphatic carbocycles. The topological polar surface area (TPSA) is 6.48 Å². The second-order valence-electron chi connectivity index (χ2n) is 23.7. The molecule has 0 saturated heterocycles. The van der Waals surface area contributed by atoms with E-state index in [1.807, 2.05) is 45.3 Å². The first-order valence-corrected chi connectivity index (χ1v) is 34.0. The van der Waals surface area contributed by atoms with Crippen molar-refractivity contribution in [3.8, 4) is 94.7 Å². The van der Waals surface area contributed by atoms with Crippen LogP contribution in [0.15, 0.2) is 267 Å². The summed E-state index contributed by atoms with van der Waals surface area (Å²) in [6, 6.07) is 98.7. The maximum Gasteiger partial charge on any atom is 0.0464 e. The minimum atomic E-state index is 1.10. The lowest BCUT2D eigenvalue weighted by molar-refractivity contribution is 1.26. The first-order valence-electron chi connectivity index (χ1n) is 30.8. The molecule has 0 aliphatic heterocycles. The molecule has 2 nitrogen and oxygen atoms in total. The number of benzene rings is 10. The first kappa shape index (κ1) is 58.3. The van der Waals surface area contributed by atoms with Crippen LogP contribution < -0.4 is 9.80 Å². The van der Waals surface area contributed by atoms with Crippen LogP contribution in [0.25, 0.3) is 94.7 Å². The summed E-state index contributed by atoms with van der Waals surface area (Å²) in [7, 11) is 0. The molecule has 0 atom stereocenters. The van der Waals surface area contributed by atoms with Crippen molar-refractivity contribution in [2.45, 2.75) is 55.4 Å². The quantitative estimate of drug-likeness (QED) is 0.101. The Kier molecular flexibility index (Phi) is 16.1. The van der Waals surface area contributed by atoms with Gasteiger partial charge in [0.05, 0.1) is 0 Å². The van der Waals surface area contributed by atoms with E-state index in [1.165, 1.54) is 128 Å². The zero-order valence-corrected chi connectivity index (χ0v) is 55.2. The third-order valence-electron chi connectivity index (χ3n) is 17.3. The summed E-state index contributed by atoms with van der Waals surface area (Å²) in [5.74, 6) is 0. The predicted octanol–water partition coefficient (Wildman–Crippen LogP) is 26.3. The van der Waals surface area contributed by atoms with Crippen LogP contribution in [-0.4, -0.2) is 0 Å². The van der Waals surface area contributed by atoms with Crippen LogP contribution in [-0.2, 0) is 0 Å². The molecule has 0 amide bonds. The van der Waals surface area contributed by atoms with E-state index in [9.17, 15) is 0 Å². The Bertz CT molecular complexity index is 4310. The molecule has 14 aromatic rings. The molecule has 0 unspecified atom stereocenters. The fourth-order valence-corrected chi connectivity index (χ4v) is 17.8. The number of rotatable bonds is 15. The van der Waals surface area contributed by atoms with Crippen LogP contribution >= 0.6 is 45.3 Å². The SMILES string of the molecule is Cc1cc(N(c2ccc(-c3ccc(N(c4ccc(-c5cc(C)c(-c6ccccc6)s5)c(C)c4)c4ccc(-c5cc(C)c(-c6ccccc6)s5)c(C)c4)cc3)cc2)c2ccc(-c3cc(C)c(-c4ccccc4)s3)c(C)c2)ccc1-c1cc(C)c(-c2ccccc2)s1. The van der Waals surface area contributed by atoms with Crippen molar-refractivity contribution in [3.63, 3.8) is 0 Å². The standard InChI is InChI=1S/C84H68N2S4/c1-53-45-69(37-41-73(53)77-49-57(5)81(87-77)63-21-13-9-14-22-63)85(70-38-42-74(54(2)46-70)78-50-58(6)82(88-78)64-23-15-10-16-24-64)67-33-29-61(30-34-67)62-31-35-68(36-32-62)86(71-39-43-75(55(3)47-71)79-51-59(7)83(89-79)65-25-17-11-18-26-65)72-40-44-76(56(4)48-72)80-52-60(8)84(90-80)66-27-19-12-20-28-66/h9-52H,1-8H3. The van der Waals surface area contributed by atoms with E-state index >= 15 is 0 Å². The number of anilines is 6. The second kappa shape index (κ2) is 24.9. The Labute approximate surface area is 546 Å². The van der Waals surface area contributed by atoms with Crippen LogP contribution in [0.2, 0.25) is 0 Å². The molecule has 10 aromatic carbocycles. The normalized spacial score (nSPS) is 11.3. The molecule has 6 heteroatoms. The summed E-state index contributed by atoms with van der Waals surface area (Å²) >= 11 is 7.50. The minimum Gasteiger partial charge on any atom is -0.310 e. The maximum absolute atomic E-state index is 2.42. The van der Waals surface area contributed by atoms with Crippen molar-refractivity contribution < 1.29 is 0 Å². The molecule has 0 fully saturated rings. The molecule has 4 aromatic heterocycles. The smallest absolute Gasteiger partial charge is 0.0464 e. The van der Waals surface area contributed by atoms with Gasteiger partial charge in [0.25, 0.3) is 0 Å². The third-order valence-corrected chi connectivity index (χ3v) is 22.6. The maximum atomic E-state index is 2.42. The van der Waals surface area contributed by atoms with E-state index in [0.29, 0.717) is 0 Å². The monoisotopic (exact) mass is 1230 g/mol. The molecular weight excluding hydrogens is 1170 g/mol. The van der Waals surface area contributed by atoms with Crippen molar-refractivity contribution in [1.82, 2.24) is 0 Å². The Morgan fingerprint density at radius 3 is 0.611 bits per heavy atom. The van der Waals surface area contributed by atoms with Crippen molar-refractivity contribution >= 4 is 79.5 Å². The van der Waals surface area contributed by atoms with Crippen molar-refractivity contribution in [2.75, 3.05) is 9.80 Å². The minimum absolute atomic E-state index is 1.10. The van der Waals surface area contributed by atoms with Gasteiger partial charge in [-0.05, 0) is 253 Å². The zero-order chi connectivity index (χ0) is 61.6. The van der Waals surface area contributed by atoms with Crippen LogP contribution in [0, 0.1) is 55.4 Å². The fraction of sp³-hybridized carbons (Fsp3) is 0.0952. The Balaban J connectivity index is 0.807. The van der Waals surface area contributed by atoms with Gasteiger partial charge in [0, 0.05) is 73.1 Å². The molecule has 438 valence electrons. The molecule has 0 aliphatic rings. The summed E-state index contributed by atoms with van der Waals surface area (Å²) in [5.41, 5.74) is 29.2. The third kappa shape index (κ3) is 11.5. The predicted molar refractivity (Wildman–Crippen MR) is 394 cm³/mol. The number of hydrogen-bond acceptors (Lipinski definition) is 6. The van der Waals surface area contributed by atoms with Gasteiger partial charge in [-0.2, -0.15) is 0 Å². The molecule has 0 radical (unpaired) electrons. The van der Waals surface area contributed by atoms with Gasteiger partial charge < -0.3 is 9.80 Å². The summed E-state index contributed by atoms with van der Waals surface area (Å²) < 4.78 is 0. The zero-order valence-electron chi connectivity index (χ0n) is 51.9. The molecular formula is C84H68N2S4. The number of nitrogens with zero attached hydrogens (tertiary/aromatic N) is 2. The molecule has 14 rings (SSSR count). The Morgan fingerprint density at radius 1 is 0.189 bits per heavy atom. The highest BCUT2D eigenvalue weighted by Crippen LogP contribution is 2.48. The van der Waals surface area contributed by atoms with Crippen LogP contribution in [0.1, 0.15) is 44.5 Å². The molecule has 0 N–H and O–H groups in total.